The minimum absolute atomic E-state index is 0.186. The van der Waals surface area contributed by atoms with E-state index in [2.05, 4.69) is 4.98 Å². The van der Waals surface area contributed by atoms with Crippen molar-refractivity contribution in [3.05, 3.63) is 41.9 Å². The van der Waals surface area contributed by atoms with Crippen LogP contribution < -0.4 is 0 Å². The third-order valence-corrected chi connectivity index (χ3v) is 3.88. The van der Waals surface area contributed by atoms with E-state index in [1.807, 2.05) is 18.4 Å². The molecule has 1 aliphatic heterocycles. The van der Waals surface area contributed by atoms with E-state index in [1.165, 1.54) is 11.2 Å². The second-order valence-corrected chi connectivity index (χ2v) is 5.59. The van der Waals surface area contributed by atoms with Crippen molar-refractivity contribution >= 4 is 11.9 Å². The lowest BCUT2D eigenvalue weighted by Gasteiger charge is -2.31. The molecule has 22 heavy (non-hydrogen) atoms. The van der Waals surface area contributed by atoms with Gasteiger partial charge in [0.2, 0.25) is 0 Å². The van der Waals surface area contributed by atoms with Crippen LogP contribution >= 0.6 is 0 Å². The lowest BCUT2D eigenvalue weighted by Crippen LogP contribution is -2.43. The Labute approximate surface area is 127 Å². The number of hydrogen-bond acceptors (Lipinski definition) is 4. The molecule has 0 saturated carbocycles. The first kappa shape index (κ1) is 14.4. The molecule has 0 spiro atoms. The summed E-state index contributed by atoms with van der Waals surface area (Å²) in [6.45, 7) is 4.26. The molecule has 1 unspecified atom stereocenters. The van der Waals surface area contributed by atoms with Crippen LogP contribution in [0, 0.1) is 0 Å². The molecule has 7 nitrogen and oxygen atoms in total. The summed E-state index contributed by atoms with van der Waals surface area (Å²) in [5, 5.41) is 9.50. The lowest BCUT2D eigenvalue weighted by atomic mass is 9.99. The monoisotopic (exact) mass is 303 g/mol. The van der Waals surface area contributed by atoms with E-state index in [0.29, 0.717) is 24.3 Å². The lowest BCUT2D eigenvalue weighted by molar-refractivity contribution is -0.143. The molecule has 2 aromatic heterocycles. The summed E-state index contributed by atoms with van der Waals surface area (Å²) in [6.07, 6.45) is 5.20. The first-order chi connectivity index (χ1) is 10.5. The Hall–Kier alpha value is -2.57. The summed E-state index contributed by atoms with van der Waals surface area (Å²) < 4.78 is 7.10. The number of carboxylic acids is 1. The van der Waals surface area contributed by atoms with Crippen molar-refractivity contribution in [1.82, 2.24) is 14.5 Å². The van der Waals surface area contributed by atoms with E-state index in [9.17, 15) is 14.7 Å². The molecule has 7 heteroatoms. The molecule has 1 amide bonds. The van der Waals surface area contributed by atoms with Gasteiger partial charge in [-0.15, -0.1) is 0 Å². The zero-order valence-electron chi connectivity index (χ0n) is 12.4. The maximum absolute atomic E-state index is 12.6. The molecule has 0 bridgehead atoms. The number of carbonyl (C=O) groups excluding carboxylic acids is 1. The second kappa shape index (κ2) is 5.32. The standard InChI is InChI=1S/C15H17N3O4/c1-9(2)17-7-11(16-8-17)14(19)18-5-3-12-10(4-6-22-12)13(18)15(20)21/h4,6-9,13H,3,5H2,1-2H3,(H,20,21). The fourth-order valence-electron chi connectivity index (χ4n) is 2.68. The Morgan fingerprint density at radius 3 is 2.86 bits per heavy atom. The minimum atomic E-state index is -1.07. The number of imidazole rings is 1. The van der Waals surface area contributed by atoms with Crippen LogP contribution in [0.1, 0.15) is 47.7 Å². The summed E-state index contributed by atoms with van der Waals surface area (Å²) in [4.78, 5) is 29.7. The van der Waals surface area contributed by atoms with E-state index in [1.54, 1.807) is 18.6 Å². The molecule has 0 saturated heterocycles. The van der Waals surface area contributed by atoms with Gasteiger partial charge in [-0.3, -0.25) is 4.79 Å². The van der Waals surface area contributed by atoms with Gasteiger partial charge in [0, 0.05) is 30.8 Å². The van der Waals surface area contributed by atoms with E-state index < -0.39 is 12.0 Å². The fraction of sp³-hybridized carbons (Fsp3) is 0.400. The molecule has 2 aromatic rings. The molecule has 3 heterocycles. The molecule has 1 N–H and O–H groups in total. The summed E-state index contributed by atoms with van der Waals surface area (Å²) in [7, 11) is 0. The molecular weight excluding hydrogens is 286 g/mol. The predicted octanol–water partition coefficient (Wildman–Crippen LogP) is 1.88. The van der Waals surface area contributed by atoms with Gasteiger partial charge in [0.1, 0.15) is 11.5 Å². The first-order valence-corrected chi connectivity index (χ1v) is 7.12. The normalized spacial score (nSPS) is 17.6. The number of aliphatic carboxylic acids is 1. The quantitative estimate of drug-likeness (QED) is 0.935. The third-order valence-electron chi connectivity index (χ3n) is 3.88. The highest BCUT2D eigenvalue weighted by atomic mass is 16.4. The molecule has 1 aliphatic rings. The Morgan fingerprint density at radius 1 is 1.45 bits per heavy atom. The largest absolute Gasteiger partial charge is 0.479 e. The maximum Gasteiger partial charge on any atom is 0.331 e. The van der Waals surface area contributed by atoms with Gasteiger partial charge in [0.15, 0.2) is 6.04 Å². The zero-order chi connectivity index (χ0) is 15.9. The van der Waals surface area contributed by atoms with Crippen molar-refractivity contribution in [3.8, 4) is 0 Å². The molecular formula is C15H17N3O4. The number of nitrogens with zero attached hydrogens (tertiary/aromatic N) is 3. The minimum Gasteiger partial charge on any atom is -0.479 e. The number of hydrogen-bond donors (Lipinski definition) is 1. The number of carbonyl (C=O) groups is 2. The van der Waals surface area contributed by atoms with Crippen LogP contribution in [0.3, 0.4) is 0 Å². The van der Waals surface area contributed by atoms with Crippen molar-refractivity contribution < 1.29 is 19.1 Å². The van der Waals surface area contributed by atoms with E-state index >= 15 is 0 Å². The van der Waals surface area contributed by atoms with Crippen molar-refractivity contribution in [2.45, 2.75) is 32.4 Å². The zero-order valence-corrected chi connectivity index (χ0v) is 12.4. The number of fused-ring (bicyclic) bond motifs is 1. The van der Waals surface area contributed by atoms with Gasteiger partial charge < -0.3 is 19.0 Å². The maximum atomic E-state index is 12.6. The van der Waals surface area contributed by atoms with Crippen LogP contribution in [0.25, 0.3) is 0 Å². The number of carboxylic acid groups (broad SMARTS) is 1. The molecule has 0 radical (unpaired) electrons. The van der Waals surface area contributed by atoms with Crippen molar-refractivity contribution in [2.24, 2.45) is 0 Å². The highest BCUT2D eigenvalue weighted by Crippen LogP contribution is 2.31. The summed E-state index contributed by atoms with van der Waals surface area (Å²) in [6, 6.07) is 0.769. The van der Waals surface area contributed by atoms with Crippen molar-refractivity contribution in [1.29, 1.82) is 0 Å². The Balaban J connectivity index is 1.92. The summed E-state index contributed by atoms with van der Waals surface area (Å²) >= 11 is 0. The van der Waals surface area contributed by atoms with Gasteiger partial charge >= 0.3 is 5.97 Å². The Kier molecular flexibility index (Phi) is 3.48. The third kappa shape index (κ3) is 2.28. The number of furan rings is 1. The van der Waals surface area contributed by atoms with E-state index in [4.69, 9.17) is 4.42 Å². The van der Waals surface area contributed by atoms with E-state index in [-0.39, 0.29) is 17.6 Å². The summed E-state index contributed by atoms with van der Waals surface area (Å²) in [5.74, 6) is -0.818. The smallest absolute Gasteiger partial charge is 0.331 e. The van der Waals surface area contributed by atoms with Gasteiger partial charge in [-0.25, -0.2) is 9.78 Å². The Bertz CT molecular complexity index is 716. The van der Waals surface area contributed by atoms with Gasteiger partial charge in [-0.05, 0) is 19.9 Å². The van der Waals surface area contributed by atoms with Crippen LogP contribution in [0.5, 0.6) is 0 Å². The van der Waals surface area contributed by atoms with E-state index in [0.717, 1.165) is 0 Å². The SMILES string of the molecule is CC(C)n1cnc(C(=O)N2CCc3occc3C2C(=O)O)c1. The van der Waals surface area contributed by atoms with Crippen LogP contribution in [-0.4, -0.2) is 38.0 Å². The highest BCUT2D eigenvalue weighted by Gasteiger charge is 2.38. The van der Waals surface area contributed by atoms with Gasteiger partial charge in [-0.2, -0.15) is 0 Å². The van der Waals surface area contributed by atoms with Crippen LogP contribution in [0.15, 0.2) is 29.3 Å². The average Bonchev–Trinajstić information content (AvgIpc) is 3.13. The van der Waals surface area contributed by atoms with Gasteiger partial charge in [0.05, 0.1) is 12.6 Å². The first-order valence-electron chi connectivity index (χ1n) is 7.12. The average molecular weight is 303 g/mol. The predicted molar refractivity (Wildman–Crippen MR) is 76.4 cm³/mol. The number of aromatic nitrogens is 2. The molecule has 1 atom stereocenters. The fourth-order valence-corrected chi connectivity index (χ4v) is 2.68. The topological polar surface area (TPSA) is 88.6 Å². The number of amides is 1. The molecule has 0 aromatic carbocycles. The highest BCUT2D eigenvalue weighted by molar-refractivity contribution is 5.95. The van der Waals surface area contributed by atoms with Crippen LogP contribution in [0.2, 0.25) is 0 Å². The molecule has 116 valence electrons. The van der Waals surface area contributed by atoms with Crippen LogP contribution in [-0.2, 0) is 11.2 Å². The summed E-state index contributed by atoms with van der Waals surface area (Å²) in [5.41, 5.74) is 0.794. The van der Waals surface area contributed by atoms with Gasteiger partial charge in [-0.1, -0.05) is 0 Å². The molecule has 0 fully saturated rings. The van der Waals surface area contributed by atoms with Crippen molar-refractivity contribution in [3.63, 3.8) is 0 Å². The Morgan fingerprint density at radius 2 is 2.23 bits per heavy atom. The second-order valence-electron chi connectivity index (χ2n) is 5.59. The molecule has 0 aliphatic carbocycles. The van der Waals surface area contributed by atoms with Gasteiger partial charge in [0.25, 0.3) is 5.91 Å². The molecule has 3 rings (SSSR count). The van der Waals surface area contributed by atoms with Crippen molar-refractivity contribution in [2.75, 3.05) is 6.54 Å². The number of rotatable bonds is 3. The van der Waals surface area contributed by atoms with Crippen LogP contribution in [0.4, 0.5) is 0 Å².